The van der Waals surface area contributed by atoms with Gasteiger partial charge in [0.15, 0.2) is 0 Å². The number of aromatic nitrogens is 2. The van der Waals surface area contributed by atoms with E-state index in [4.69, 9.17) is 0 Å². The minimum Gasteiger partial charge on any atom is -0.339 e. The molecule has 0 unspecified atom stereocenters. The lowest BCUT2D eigenvalue weighted by Crippen LogP contribution is -2.45. The molecule has 2 aromatic carbocycles. The summed E-state index contributed by atoms with van der Waals surface area (Å²) in [6.45, 7) is 1.13. The molecule has 176 valence electrons. The highest BCUT2D eigenvalue weighted by atomic mass is 19.1. The maximum absolute atomic E-state index is 14.0. The van der Waals surface area contributed by atoms with E-state index in [0.717, 1.165) is 10.1 Å². The van der Waals surface area contributed by atoms with Crippen molar-refractivity contribution in [1.82, 2.24) is 18.9 Å². The molecule has 0 saturated carbocycles. The van der Waals surface area contributed by atoms with Gasteiger partial charge in [-0.25, -0.2) is 9.18 Å². The summed E-state index contributed by atoms with van der Waals surface area (Å²) in [5.41, 5.74) is -0.213. The largest absolute Gasteiger partial charge is 0.339 e. The molecule has 9 heteroatoms. The Hall–Kier alpha value is -4.01. The van der Waals surface area contributed by atoms with E-state index >= 15 is 0 Å². The Morgan fingerprint density at radius 2 is 1.50 bits per heavy atom. The molecular formula is C25H25FN4O4. The van der Waals surface area contributed by atoms with Crippen molar-refractivity contribution in [1.29, 1.82) is 0 Å². The second-order valence-electron chi connectivity index (χ2n) is 8.14. The Morgan fingerprint density at radius 1 is 0.824 bits per heavy atom. The highest BCUT2D eigenvalue weighted by molar-refractivity contribution is 5.94. The normalized spacial score (nSPS) is 14.0. The summed E-state index contributed by atoms with van der Waals surface area (Å²) in [5.74, 6) is -1.38. The summed E-state index contributed by atoms with van der Waals surface area (Å²) < 4.78 is 16.3. The standard InChI is InChI=1S/C25H25FN4O4/c26-21-10-5-4-9-20(21)24(33)28-13-6-12-27(15-16-28)23(32)18-30-22(31)11-14-29(25(30)34)17-19-7-2-1-3-8-19/h1-5,7-11,14H,6,12-13,15-18H2. The first kappa shape index (κ1) is 23.2. The van der Waals surface area contributed by atoms with Gasteiger partial charge in [-0.05, 0) is 24.1 Å². The van der Waals surface area contributed by atoms with Crippen LogP contribution in [0.15, 0.2) is 76.4 Å². The van der Waals surface area contributed by atoms with E-state index in [1.54, 1.807) is 6.07 Å². The fourth-order valence-electron chi connectivity index (χ4n) is 4.01. The molecule has 2 heterocycles. The quantitative estimate of drug-likeness (QED) is 0.574. The molecular weight excluding hydrogens is 439 g/mol. The van der Waals surface area contributed by atoms with Crippen molar-refractivity contribution in [3.63, 3.8) is 0 Å². The Labute approximate surface area is 195 Å². The third-order valence-electron chi connectivity index (χ3n) is 5.87. The second kappa shape index (κ2) is 10.3. The summed E-state index contributed by atoms with van der Waals surface area (Å²) >= 11 is 0. The van der Waals surface area contributed by atoms with Crippen LogP contribution in [0.1, 0.15) is 22.3 Å². The zero-order valence-corrected chi connectivity index (χ0v) is 18.6. The summed E-state index contributed by atoms with van der Waals surface area (Å²) in [6.07, 6.45) is 1.94. The van der Waals surface area contributed by atoms with Crippen LogP contribution >= 0.6 is 0 Å². The number of carbonyl (C=O) groups is 2. The highest BCUT2D eigenvalue weighted by Crippen LogP contribution is 2.13. The Kier molecular flexibility index (Phi) is 7.01. The third kappa shape index (κ3) is 5.14. The van der Waals surface area contributed by atoms with Crippen LogP contribution in [0.2, 0.25) is 0 Å². The van der Waals surface area contributed by atoms with Gasteiger partial charge in [0.25, 0.3) is 11.5 Å². The van der Waals surface area contributed by atoms with Crippen LogP contribution in [-0.4, -0.2) is 56.9 Å². The number of carbonyl (C=O) groups excluding carboxylic acids is 2. The molecule has 4 rings (SSSR count). The van der Waals surface area contributed by atoms with Crippen LogP contribution < -0.4 is 11.2 Å². The number of amides is 2. The molecule has 0 aliphatic carbocycles. The fraction of sp³-hybridized carbons (Fsp3) is 0.280. The average Bonchev–Trinajstić information content (AvgIpc) is 3.10. The molecule has 0 atom stereocenters. The topological polar surface area (TPSA) is 84.6 Å². The van der Waals surface area contributed by atoms with E-state index in [-0.39, 0.29) is 37.6 Å². The molecule has 1 fully saturated rings. The summed E-state index contributed by atoms with van der Waals surface area (Å²) in [5, 5.41) is 0. The van der Waals surface area contributed by atoms with Crippen LogP contribution in [0, 0.1) is 5.82 Å². The van der Waals surface area contributed by atoms with Crippen molar-refractivity contribution in [3.8, 4) is 0 Å². The molecule has 0 bridgehead atoms. The molecule has 1 aliphatic heterocycles. The van der Waals surface area contributed by atoms with Crippen molar-refractivity contribution in [2.75, 3.05) is 26.2 Å². The van der Waals surface area contributed by atoms with E-state index in [1.165, 1.54) is 44.8 Å². The van der Waals surface area contributed by atoms with Crippen molar-refractivity contribution in [2.24, 2.45) is 0 Å². The van der Waals surface area contributed by atoms with Crippen LogP contribution in [-0.2, 0) is 17.9 Å². The van der Waals surface area contributed by atoms with E-state index in [2.05, 4.69) is 0 Å². The predicted molar refractivity (Wildman–Crippen MR) is 124 cm³/mol. The van der Waals surface area contributed by atoms with Gasteiger partial charge in [0.2, 0.25) is 5.91 Å². The first-order valence-corrected chi connectivity index (χ1v) is 11.1. The van der Waals surface area contributed by atoms with Crippen LogP contribution in [0.3, 0.4) is 0 Å². The van der Waals surface area contributed by atoms with Gasteiger partial charge in [-0.2, -0.15) is 0 Å². The van der Waals surface area contributed by atoms with Gasteiger partial charge in [0.1, 0.15) is 12.4 Å². The maximum Gasteiger partial charge on any atom is 0.331 e. The SMILES string of the molecule is O=C(Cn1c(=O)ccn(Cc2ccccc2)c1=O)N1CCCN(C(=O)c2ccccc2F)CC1. The van der Waals surface area contributed by atoms with Gasteiger partial charge < -0.3 is 9.80 Å². The fourth-order valence-corrected chi connectivity index (χ4v) is 4.01. The van der Waals surface area contributed by atoms with Crippen LogP contribution in [0.4, 0.5) is 4.39 Å². The highest BCUT2D eigenvalue weighted by Gasteiger charge is 2.25. The smallest absolute Gasteiger partial charge is 0.331 e. The number of hydrogen-bond acceptors (Lipinski definition) is 4. The van der Waals surface area contributed by atoms with Gasteiger partial charge in [-0.3, -0.25) is 23.5 Å². The lowest BCUT2D eigenvalue weighted by Gasteiger charge is -2.22. The van der Waals surface area contributed by atoms with E-state index < -0.39 is 23.0 Å². The molecule has 34 heavy (non-hydrogen) atoms. The lowest BCUT2D eigenvalue weighted by molar-refractivity contribution is -0.131. The summed E-state index contributed by atoms with van der Waals surface area (Å²) in [7, 11) is 0. The van der Waals surface area contributed by atoms with Gasteiger partial charge in [-0.15, -0.1) is 0 Å². The van der Waals surface area contributed by atoms with Crippen molar-refractivity contribution >= 4 is 11.8 Å². The predicted octanol–water partition coefficient (Wildman–Crippen LogP) is 1.57. The first-order chi connectivity index (χ1) is 16.4. The Bertz CT molecular complexity index is 1300. The minimum absolute atomic E-state index is 0.00270. The monoisotopic (exact) mass is 464 g/mol. The number of benzene rings is 2. The molecule has 1 aliphatic rings. The lowest BCUT2D eigenvalue weighted by atomic mass is 10.2. The average molecular weight is 464 g/mol. The van der Waals surface area contributed by atoms with Crippen molar-refractivity contribution in [2.45, 2.75) is 19.5 Å². The Morgan fingerprint density at radius 3 is 2.26 bits per heavy atom. The zero-order valence-electron chi connectivity index (χ0n) is 18.6. The van der Waals surface area contributed by atoms with Crippen molar-refractivity contribution < 1.29 is 14.0 Å². The molecule has 0 spiro atoms. The van der Waals surface area contributed by atoms with E-state index in [0.29, 0.717) is 19.5 Å². The molecule has 2 amide bonds. The summed E-state index contributed by atoms with van der Waals surface area (Å²) in [6, 6.07) is 16.4. The van der Waals surface area contributed by atoms with Crippen LogP contribution in [0.5, 0.6) is 0 Å². The van der Waals surface area contributed by atoms with Gasteiger partial charge >= 0.3 is 5.69 Å². The molecule has 0 radical (unpaired) electrons. The zero-order chi connectivity index (χ0) is 24.1. The number of hydrogen-bond donors (Lipinski definition) is 0. The summed E-state index contributed by atoms with van der Waals surface area (Å²) in [4.78, 5) is 53.9. The molecule has 1 aromatic heterocycles. The third-order valence-corrected chi connectivity index (χ3v) is 5.87. The maximum atomic E-state index is 14.0. The van der Waals surface area contributed by atoms with E-state index in [9.17, 15) is 23.6 Å². The van der Waals surface area contributed by atoms with Crippen LogP contribution in [0.25, 0.3) is 0 Å². The molecule has 0 N–H and O–H groups in total. The Balaban J connectivity index is 1.44. The number of rotatable bonds is 5. The van der Waals surface area contributed by atoms with Gasteiger partial charge in [0, 0.05) is 38.4 Å². The number of nitrogens with zero attached hydrogens (tertiary/aromatic N) is 4. The van der Waals surface area contributed by atoms with Crippen molar-refractivity contribution in [3.05, 3.63) is 105 Å². The minimum atomic E-state index is -0.583. The van der Waals surface area contributed by atoms with Gasteiger partial charge in [-0.1, -0.05) is 42.5 Å². The van der Waals surface area contributed by atoms with Gasteiger partial charge in [0.05, 0.1) is 12.1 Å². The molecule has 3 aromatic rings. The molecule has 8 nitrogen and oxygen atoms in total. The number of halogens is 1. The first-order valence-electron chi connectivity index (χ1n) is 11.1. The van der Waals surface area contributed by atoms with E-state index in [1.807, 2.05) is 30.3 Å². The molecule has 1 saturated heterocycles. The second-order valence-corrected chi connectivity index (χ2v) is 8.14.